The highest BCUT2D eigenvalue weighted by atomic mass is 19.3. The van der Waals surface area contributed by atoms with Gasteiger partial charge in [-0.15, -0.1) is 0 Å². The van der Waals surface area contributed by atoms with E-state index in [1.807, 2.05) is 36.9 Å². The fourth-order valence-electron chi connectivity index (χ4n) is 3.88. The summed E-state index contributed by atoms with van der Waals surface area (Å²) >= 11 is 0. The minimum Gasteiger partial charge on any atom is -0.433 e. The molecule has 0 saturated carbocycles. The average Bonchev–Trinajstić information content (AvgIpc) is 3.26. The third-order valence-corrected chi connectivity index (χ3v) is 5.52. The molecule has 2 aromatic carbocycles. The van der Waals surface area contributed by atoms with Crippen molar-refractivity contribution in [1.29, 1.82) is 0 Å². The van der Waals surface area contributed by atoms with Crippen molar-refractivity contribution in [3.05, 3.63) is 59.3 Å². The Morgan fingerprint density at radius 2 is 2.03 bits per heavy atom. The molecule has 1 aliphatic heterocycles. The fourth-order valence-corrected chi connectivity index (χ4v) is 3.88. The first-order valence-electron chi connectivity index (χ1n) is 9.61. The van der Waals surface area contributed by atoms with Crippen LogP contribution in [0.25, 0.3) is 10.9 Å². The van der Waals surface area contributed by atoms with Crippen LogP contribution in [-0.4, -0.2) is 36.6 Å². The average molecular weight is 399 g/mol. The van der Waals surface area contributed by atoms with Gasteiger partial charge in [-0.25, -0.2) is 0 Å². The number of carbonyl (C=O) groups excluding carboxylic acids is 1. The van der Waals surface area contributed by atoms with Crippen LogP contribution in [0.1, 0.15) is 28.0 Å². The number of aromatic amines is 1. The number of para-hydroxylation sites is 2. The van der Waals surface area contributed by atoms with E-state index in [1.165, 1.54) is 6.07 Å². The molecule has 0 aliphatic carbocycles. The molecule has 1 atom stereocenters. The molecular weight excluding hydrogens is 376 g/mol. The third-order valence-electron chi connectivity index (χ3n) is 5.52. The summed E-state index contributed by atoms with van der Waals surface area (Å²) in [5.41, 5.74) is 4.47. The van der Waals surface area contributed by atoms with Gasteiger partial charge in [-0.2, -0.15) is 8.78 Å². The van der Waals surface area contributed by atoms with Gasteiger partial charge in [-0.3, -0.25) is 4.79 Å². The molecule has 1 saturated heterocycles. The lowest BCUT2D eigenvalue weighted by molar-refractivity contribution is -0.0495. The van der Waals surface area contributed by atoms with Crippen molar-refractivity contribution in [2.45, 2.75) is 32.9 Å². The number of hydrogen-bond acceptors (Lipinski definition) is 3. The molecule has 152 valence electrons. The largest absolute Gasteiger partial charge is 0.433 e. The van der Waals surface area contributed by atoms with Crippen molar-refractivity contribution in [2.75, 3.05) is 18.0 Å². The molecule has 0 bridgehead atoms. The van der Waals surface area contributed by atoms with Crippen LogP contribution in [0.4, 0.5) is 14.5 Å². The lowest BCUT2D eigenvalue weighted by Gasteiger charge is -2.22. The number of carbonyl (C=O) groups is 1. The van der Waals surface area contributed by atoms with E-state index in [1.54, 1.807) is 18.2 Å². The van der Waals surface area contributed by atoms with Gasteiger partial charge >= 0.3 is 6.61 Å². The molecule has 0 radical (unpaired) electrons. The van der Waals surface area contributed by atoms with E-state index in [0.717, 1.165) is 28.6 Å². The molecule has 3 aromatic rings. The van der Waals surface area contributed by atoms with Crippen LogP contribution in [0, 0.1) is 13.8 Å². The Kier molecular flexibility index (Phi) is 5.13. The number of anilines is 1. The molecule has 2 N–H and O–H groups in total. The van der Waals surface area contributed by atoms with Crippen LogP contribution in [0.2, 0.25) is 0 Å². The van der Waals surface area contributed by atoms with Crippen molar-refractivity contribution >= 4 is 22.5 Å². The number of amides is 1. The Morgan fingerprint density at radius 3 is 2.83 bits per heavy atom. The Balaban J connectivity index is 1.45. The van der Waals surface area contributed by atoms with E-state index >= 15 is 0 Å². The van der Waals surface area contributed by atoms with Crippen LogP contribution in [0.15, 0.2) is 42.5 Å². The number of aryl methyl sites for hydroxylation is 2. The Hall–Kier alpha value is -3.09. The van der Waals surface area contributed by atoms with Gasteiger partial charge in [0.25, 0.3) is 5.91 Å². The number of aromatic nitrogens is 1. The quantitative estimate of drug-likeness (QED) is 0.669. The molecule has 5 nitrogen and oxygen atoms in total. The van der Waals surface area contributed by atoms with Crippen molar-refractivity contribution in [1.82, 2.24) is 10.3 Å². The second-order valence-corrected chi connectivity index (χ2v) is 7.39. The molecule has 2 heterocycles. The minimum atomic E-state index is -2.87. The molecular formula is C22H23F2N3O2. The number of ether oxygens (including phenoxy) is 1. The first-order valence-corrected chi connectivity index (χ1v) is 9.61. The van der Waals surface area contributed by atoms with Gasteiger partial charge in [0, 0.05) is 41.3 Å². The highest BCUT2D eigenvalue weighted by molar-refractivity contribution is 5.99. The van der Waals surface area contributed by atoms with Gasteiger partial charge in [0.1, 0.15) is 5.75 Å². The number of hydrogen-bond donors (Lipinski definition) is 2. The fraction of sp³-hybridized carbons (Fsp3) is 0.318. The minimum absolute atomic E-state index is 0.0631. The summed E-state index contributed by atoms with van der Waals surface area (Å²) in [6.07, 6.45) is 0.735. The lowest BCUT2D eigenvalue weighted by Crippen LogP contribution is -2.37. The summed E-state index contributed by atoms with van der Waals surface area (Å²) < 4.78 is 30.0. The second kappa shape index (κ2) is 7.73. The van der Waals surface area contributed by atoms with Gasteiger partial charge in [-0.1, -0.05) is 12.1 Å². The van der Waals surface area contributed by atoms with Crippen LogP contribution in [0.3, 0.4) is 0 Å². The third kappa shape index (κ3) is 3.90. The number of fused-ring (bicyclic) bond motifs is 1. The van der Waals surface area contributed by atoms with E-state index in [-0.39, 0.29) is 17.7 Å². The number of nitrogens with zero attached hydrogens (tertiary/aromatic N) is 1. The zero-order chi connectivity index (χ0) is 20.5. The monoisotopic (exact) mass is 399 g/mol. The normalized spacial score (nSPS) is 16.6. The Bertz CT molecular complexity index is 1050. The first-order chi connectivity index (χ1) is 13.9. The van der Waals surface area contributed by atoms with E-state index in [0.29, 0.717) is 24.3 Å². The summed E-state index contributed by atoms with van der Waals surface area (Å²) in [5, 5.41) is 4.11. The Morgan fingerprint density at radius 1 is 1.24 bits per heavy atom. The number of rotatable bonds is 5. The molecule has 1 amide bonds. The topological polar surface area (TPSA) is 57.4 Å². The molecule has 29 heavy (non-hydrogen) atoms. The lowest BCUT2D eigenvalue weighted by atomic mass is 10.1. The number of halogens is 2. The predicted molar refractivity (Wildman–Crippen MR) is 109 cm³/mol. The predicted octanol–water partition coefficient (Wildman–Crippen LogP) is 4.39. The maximum absolute atomic E-state index is 12.8. The molecule has 1 aliphatic rings. The first kappa shape index (κ1) is 19.2. The van der Waals surface area contributed by atoms with Gasteiger partial charge in [-0.05, 0) is 56.2 Å². The van der Waals surface area contributed by atoms with Crippen LogP contribution in [-0.2, 0) is 0 Å². The molecule has 4 rings (SSSR count). The summed E-state index contributed by atoms with van der Waals surface area (Å²) in [6, 6.07) is 12.3. The van der Waals surface area contributed by atoms with Gasteiger partial charge in [0.15, 0.2) is 0 Å². The maximum Gasteiger partial charge on any atom is 0.387 e. The summed E-state index contributed by atoms with van der Waals surface area (Å²) in [6.45, 7) is 2.37. The van der Waals surface area contributed by atoms with E-state index in [2.05, 4.69) is 15.0 Å². The highest BCUT2D eigenvalue weighted by Crippen LogP contribution is 2.32. The van der Waals surface area contributed by atoms with Crippen LogP contribution in [0.5, 0.6) is 5.75 Å². The summed E-state index contributed by atoms with van der Waals surface area (Å²) in [5.74, 6) is 0.0207. The standard InChI is InChI=1S/C22H23F2N3O2/c1-13-14(2)25-18-8-7-15(11-17(13)18)21(28)26-16-9-10-27(12-16)19-5-3-4-6-20(19)29-22(23)24/h3-8,11,16,22,25H,9-10,12H2,1-2H3,(H,26,28). The summed E-state index contributed by atoms with van der Waals surface area (Å²) in [7, 11) is 0. The molecule has 1 unspecified atom stereocenters. The van der Waals surface area contributed by atoms with Crippen molar-refractivity contribution in [2.24, 2.45) is 0 Å². The molecule has 1 fully saturated rings. The maximum atomic E-state index is 12.8. The Labute approximate surface area is 167 Å². The van der Waals surface area contributed by atoms with Crippen molar-refractivity contribution < 1.29 is 18.3 Å². The van der Waals surface area contributed by atoms with E-state index < -0.39 is 6.61 Å². The number of alkyl halides is 2. The zero-order valence-electron chi connectivity index (χ0n) is 16.3. The van der Waals surface area contributed by atoms with Gasteiger partial charge < -0.3 is 19.9 Å². The number of H-pyrrole nitrogens is 1. The number of nitrogens with one attached hydrogen (secondary N) is 2. The van der Waals surface area contributed by atoms with E-state index in [9.17, 15) is 13.6 Å². The number of benzene rings is 2. The van der Waals surface area contributed by atoms with E-state index in [4.69, 9.17) is 0 Å². The smallest absolute Gasteiger partial charge is 0.387 e. The van der Waals surface area contributed by atoms with Gasteiger partial charge in [0.05, 0.1) is 5.69 Å². The highest BCUT2D eigenvalue weighted by Gasteiger charge is 2.27. The van der Waals surface area contributed by atoms with Crippen LogP contribution < -0.4 is 15.0 Å². The SMILES string of the molecule is Cc1[nH]c2ccc(C(=O)NC3CCN(c4ccccc4OC(F)F)C3)cc2c1C. The van der Waals surface area contributed by atoms with Gasteiger partial charge in [0.2, 0.25) is 0 Å². The summed E-state index contributed by atoms with van der Waals surface area (Å²) in [4.78, 5) is 18.0. The second-order valence-electron chi connectivity index (χ2n) is 7.39. The molecule has 0 spiro atoms. The van der Waals surface area contributed by atoms with Crippen LogP contribution >= 0.6 is 0 Å². The molecule has 7 heteroatoms. The van der Waals surface area contributed by atoms with Crippen molar-refractivity contribution in [3.8, 4) is 5.75 Å². The molecule has 1 aromatic heterocycles. The van der Waals surface area contributed by atoms with Crippen molar-refractivity contribution in [3.63, 3.8) is 0 Å². The zero-order valence-corrected chi connectivity index (χ0v) is 16.3.